The fourth-order valence-corrected chi connectivity index (χ4v) is 4.43. The highest BCUT2D eigenvalue weighted by Gasteiger charge is 2.29. The van der Waals surface area contributed by atoms with Crippen LogP contribution in [0.25, 0.3) is 0 Å². The molecule has 1 heterocycles. The standard InChI is InChI=1S/C18H18ClNO5S/c1-13-2-5-15(6-3-13)25-18(21)14-4-7-16(19)17(12-14)26(22,23)20-8-10-24-11-9-20/h2-7,12H,8-11H2,1H3. The number of hydrogen-bond donors (Lipinski definition) is 0. The van der Waals surface area contributed by atoms with Crippen LogP contribution in [0, 0.1) is 6.92 Å². The molecule has 3 rings (SSSR count). The highest BCUT2D eigenvalue weighted by atomic mass is 35.5. The Bertz CT molecular complexity index is 906. The zero-order valence-electron chi connectivity index (χ0n) is 14.1. The van der Waals surface area contributed by atoms with Gasteiger partial charge in [-0.15, -0.1) is 0 Å². The van der Waals surface area contributed by atoms with Gasteiger partial charge in [-0.2, -0.15) is 4.31 Å². The number of rotatable bonds is 4. The van der Waals surface area contributed by atoms with Crippen molar-refractivity contribution >= 4 is 27.6 Å². The molecule has 26 heavy (non-hydrogen) atoms. The minimum absolute atomic E-state index is 0.0587. The van der Waals surface area contributed by atoms with E-state index in [4.69, 9.17) is 21.1 Å². The number of benzene rings is 2. The molecule has 0 spiro atoms. The predicted octanol–water partition coefficient (Wildman–Crippen LogP) is 2.89. The Hall–Kier alpha value is -1.93. The van der Waals surface area contributed by atoms with E-state index in [1.165, 1.54) is 22.5 Å². The molecule has 0 saturated carbocycles. The van der Waals surface area contributed by atoms with Crippen molar-refractivity contribution in [2.24, 2.45) is 0 Å². The summed E-state index contributed by atoms with van der Waals surface area (Å²) in [5.41, 5.74) is 1.15. The summed E-state index contributed by atoms with van der Waals surface area (Å²) in [6, 6.07) is 11.1. The van der Waals surface area contributed by atoms with Crippen LogP contribution in [0.15, 0.2) is 47.4 Å². The quantitative estimate of drug-likeness (QED) is 0.588. The van der Waals surface area contributed by atoms with E-state index in [1.807, 2.05) is 19.1 Å². The Morgan fingerprint density at radius 2 is 1.77 bits per heavy atom. The van der Waals surface area contributed by atoms with Crippen LogP contribution >= 0.6 is 11.6 Å². The third-order valence-corrected chi connectivity index (χ3v) is 6.37. The summed E-state index contributed by atoms with van der Waals surface area (Å²) in [4.78, 5) is 12.3. The molecule has 1 aliphatic heterocycles. The van der Waals surface area contributed by atoms with Gasteiger partial charge >= 0.3 is 5.97 Å². The van der Waals surface area contributed by atoms with Crippen LogP contribution in [0.4, 0.5) is 0 Å². The average Bonchev–Trinajstić information content (AvgIpc) is 2.64. The number of halogens is 1. The van der Waals surface area contributed by atoms with Gasteiger partial charge in [-0.25, -0.2) is 13.2 Å². The van der Waals surface area contributed by atoms with E-state index in [9.17, 15) is 13.2 Å². The van der Waals surface area contributed by atoms with Crippen molar-refractivity contribution in [2.45, 2.75) is 11.8 Å². The molecule has 2 aromatic rings. The zero-order chi connectivity index (χ0) is 18.7. The smallest absolute Gasteiger partial charge is 0.343 e. The summed E-state index contributed by atoms with van der Waals surface area (Å²) in [7, 11) is -3.81. The maximum atomic E-state index is 12.8. The van der Waals surface area contributed by atoms with Crippen LogP contribution in [0.5, 0.6) is 5.75 Å². The molecule has 0 aromatic heterocycles. The van der Waals surface area contributed by atoms with E-state index in [1.54, 1.807) is 12.1 Å². The SMILES string of the molecule is Cc1ccc(OC(=O)c2ccc(Cl)c(S(=O)(=O)N3CCOCC3)c2)cc1. The number of ether oxygens (including phenoxy) is 2. The summed E-state index contributed by atoms with van der Waals surface area (Å²) in [6.45, 7) is 3.07. The van der Waals surface area contributed by atoms with E-state index in [0.717, 1.165) is 5.56 Å². The van der Waals surface area contributed by atoms with Gasteiger partial charge < -0.3 is 9.47 Å². The summed E-state index contributed by atoms with van der Waals surface area (Å²) in [6.07, 6.45) is 0. The molecule has 1 saturated heterocycles. The number of sulfonamides is 1. The third kappa shape index (κ3) is 4.07. The van der Waals surface area contributed by atoms with Crippen molar-refractivity contribution < 1.29 is 22.7 Å². The number of nitrogens with zero attached hydrogens (tertiary/aromatic N) is 1. The highest BCUT2D eigenvalue weighted by Crippen LogP contribution is 2.27. The minimum atomic E-state index is -3.81. The van der Waals surface area contributed by atoms with Gasteiger partial charge in [-0.3, -0.25) is 0 Å². The van der Waals surface area contributed by atoms with Gasteiger partial charge in [0.1, 0.15) is 10.6 Å². The molecule has 0 amide bonds. The molecule has 0 unspecified atom stereocenters. The number of morpholine rings is 1. The Kier molecular flexibility index (Phi) is 5.62. The largest absolute Gasteiger partial charge is 0.423 e. The van der Waals surface area contributed by atoms with Gasteiger partial charge in [-0.1, -0.05) is 29.3 Å². The van der Waals surface area contributed by atoms with Gasteiger partial charge in [0.15, 0.2) is 0 Å². The molecule has 8 heteroatoms. The molecule has 0 bridgehead atoms. The van der Waals surface area contributed by atoms with Crippen LogP contribution < -0.4 is 4.74 Å². The lowest BCUT2D eigenvalue weighted by Gasteiger charge is -2.26. The molecular formula is C18H18ClNO5S. The molecule has 0 aliphatic carbocycles. The number of carbonyl (C=O) groups is 1. The van der Waals surface area contributed by atoms with E-state index in [0.29, 0.717) is 19.0 Å². The second kappa shape index (κ2) is 7.75. The van der Waals surface area contributed by atoms with E-state index in [-0.39, 0.29) is 28.6 Å². The molecule has 0 radical (unpaired) electrons. The zero-order valence-corrected chi connectivity index (χ0v) is 15.7. The summed E-state index contributed by atoms with van der Waals surface area (Å²) in [5.74, 6) is -0.267. The summed E-state index contributed by atoms with van der Waals surface area (Å²) in [5, 5.41) is 0.0587. The number of hydrogen-bond acceptors (Lipinski definition) is 5. The molecule has 1 fully saturated rings. The first kappa shape index (κ1) is 18.8. The first-order chi connectivity index (χ1) is 12.4. The van der Waals surface area contributed by atoms with Gasteiger partial charge in [0.2, 0.25) is 10.0 Å². The van der Waals surface area contributed by atoms with Crippen molar-refractivity contribution in [3.63, 3.8) is 0 Å². The Morgan fingerprint density at radius 1 is 1.12 bits per heavy atom. The van der Waals surface area contributed by atoms with E-state index in [2.05, 4.69) is 0 Å². The third-order valence-electron chi connectivity index (χ3n) is 3.99. The van der Waals surface area contributed by atoms with Crippen LogP contribution in [-0.2, 0) is 14.8 Å². The van der Waals surface area contributed by atoms with Gasteiger partial charge in [0, 0.05) is 13.1 Å². The normalized spacial score (nSPS) is 15.6. The number of carbonyl (C=O) groups excluding carboxylic acids is 1. The second-order valence-corrected chi connectivity index (χ2v) is 8.18. The van der Waals surface area contributed by atoms with Crippen LogP contribution in [-0.4, -0.2) is 45.0 Å². The highest BCUT2D eigenvalue weighted by molar-refractivity contribution is 7.89. The molecule has 0 atom stereocenters. The Morgan fingerprint density at radius 3 is 2.42 bits per heavy atom. The van der Waals surface area contributed by atoms with Crippen molar-refractivity contribution in [1.29, 1.82) is 0 Å². The second-order valence-electron chi connectivity index (χ2n) is 5.86. The van der Waals surface area contributed by atoms with Gasteiger partial charge in [0.25, 0.3) is 0 Å². The topological polar surface area (TPSA) is 72.9 Å². The van der Waals surface area contributed by atoms with Crippen molar-refractivity contribution in [3.8, 4) is 5.75 Å². The minimum Gasteiger partial charge on any atom is -0.423 e. The summed E-state index contributed by atoms with van der Waals surface area (Å²) < 4.78 is 37.4. The van der Waals surface area contributed by atoms with Crippen LogP contribution in [0.3, 0.4) is 0 Å². The summed E-state index contributed by atoms with van der Waals surface area (Å²) >= 11 is 6.09. The van der Waals surface area contributed by atoms with Gasteiger partial charge in [-0.05, 0) is 37.3 Å². The van der Waals surface area contributed by atoms with Crippen molar-refractivity contribution in [2.75, 3.05) is 26.3 Å². The fraction of sp³-hybridized carbons (Fsp3) is 0.278. The molecule has 6 nitrogen and oxygen atoms in total. The lowest BCUT2D eigenvalue weighted by Crippen LogP contribution is -2.40. The van der Waals surface area contributed by atoms with E-state index >= 15 is 0 Å². The predicted molar refractivity (Wildman–Crippen MR) is 97.2 cm³/mol. The molecular weight excluding hydrogens is 378 g/mol. The van der Waals surface area contributed by atoms with Crippen LogP contribution in [0.2, 0.25) is 5.02 Å². The van der Waals surface area contributed by atoms with E-state index < -0.39 is 16.0 Å². The molecule has 1 aliphatic rings. The Labute approximate surface area is 157 Å². The molecule has 2 aromatic carbocycles. The maximum Gasteiger partial charge on any atom is 0.343 e. The lowest BCUT2D eigenvalue weighted by molar-refractivity contribution is 0.0727. The monoisotopic (exact) mass is 395 g/mol. The molecule has 138 valence electrons. The fourth-order valence-electron chi connectivity index (χ4n) is 2.53. The average molecular weight is 396 g/mol. The van der Waals surface area contributed by atoms with Gasteiger partial charge in [0.05, 0.1) is 23.8 Å². The number of esters is 1. The molecule has 0 N–H and O–H groups in total. The first-order valence-corrected chi connectivity index (χ1v) is 9.86. The Balaban J connectivity index is 1.87. The van der Waals surface area contributed by atoms with Crippen molar-refractivity contribution in [1.82, 2.24) is 4.31 Å². The number of aryl methyl sites for hydroxylation is 1. The lowest BCUT2D eigenvalue weighted by atomic mass is 10.2. The van der Waals surface area contributed by atoms with Crippen molar-refractivity contribution in [3.05, 3.63) is 58.6 Å². The van der Waals surface area contributed by atoms with Crippen LogP contribution in [0.1, 0.15) is 15.9 Å². The first-order valence-electron chi connectivity index (χ1n) is 8.04. The maximum absolute atomic E-state index is 12.8.